The van der Waals surface area contributed by atoms with E-state index >= 15 is 0 Å². The van der Waals surface area contributed by atoms with E-state index in [0.29, 0.717) is 6.04 Å². The number of hydrogen-bond acceptors (Lipinski definition) is 2. The van der Waals surface area contributed by atoms with Crippen LogP contribution in [0.5, 0.6) is 0 Å². The van der Waals surface area contributed by atoms with Gasteiger partial charge < -0.3 is 16.0 Å². The highest BCUT2D eigenvalue weighted by molar-refractivity contribution is 5.94. The van der Waals surface area contributed by atoms with Crippen LogP contribution in [0.3, 0.4) is 0 Å². The van der Waals surface area contributed by atoms with Gasteiger partial charge in [-0.15, -0.1) is 0 Å². The summed E-state index contributed by atoms with van der Waals surface area (Å²) in [6.45, 7) is 3.99. The molecule has 102 valence electrons. The van der Waals surface area contributed by atoms with Crippen molar-refractivity contribution >= 4 is 17.6 Å². The average molecular weight is 261 g/mol. The first-order valence-electron chi connectivity index (χ1n) is 6.46. The summed E-state index contributed by atoms with van der Waals surface area (Å²) in [6, 6.07) is 5.74. The zero-order chi connectivity index (χ0) is 13.8. The van der Waals surface area contributed by atoms with Gasteiger partial charge in [-0.25, -0.2) is 4.79 Å². The van der Waals surface area contributed by atoms with Gasteiger partial charge in [-0.1, -0.05) is 6.07 Å². The molecule has 2 rings (SSSR count). The number of carbonyl (C=O) groups is 2. The van der Waals surface area contributed by atoms with E-state index in [1.807, 2.05) is 32.0 Å². The SMILES string of the molecule is Cc1ccc(NC(=O)CNC(=O)NC2CC2)cc1C. The van der Waals surface area contributed by atoms with Gasteiger partial charge in [0.2, 0.25) is 5.91 Å². The molecule has 19 heavy (non-hydrogen) atoms. The molecule has 0 bridgehead atoms. The van der Waals surface area contributed by atoms with Crippen LogP contribution in [-0.2, 0) is 4.79 Å². The standard InChI is InChI=1S/C14H19N3O2/c1-9-3-4-12(7-10(9)2)16-13(18)8-15-14(19)17-11-5-6-11/h3-4,7,11H,5-6,8H2,1-2H3,(H,16,18)(H2,15,17,19). The molecule has 1 aliphatic rings. The van der Waals surface area contributed by atoms with Crippen LogP contribution in [0.25, 0.3) is 0 Å². The van der Waals surface area contributed by atoms with Crippen molar-refractivity contribution in [3.05, 3.63) is 29.3 Å². The molecule has 5 nitrogen and oxygen atoms in total. The van der Waals surface area contributed by atoms with Crippen molar-refractivity contribution in [1.82, 2.24) is 10.6 Å². The Hall–Kier alpha value is -2.04. The van der Waals surface area contributed by atoms with Gasteiger partial charge in [-0.2, -0.15) is 0 Å². The summed E-state index contributed by atoms with van der Waals surface area (Å²) in [5.74, 6) is -0.228. The molecule has 0 aliphatic heterocycles. The quantitative estimate of drug-likeness (QED) is 0.772. The summed E-state index contributed by atoms with van der Waals surface area (Å²) in [5.41, 5.74) is 3.05. The minimum absolute atomic E-state index is 0.0223. The minimum atomic E-state index is -0.280. The van der Waals surface area contributed by atoms with Crippen molar-refractivity contribution in [1.29, 1.82) is 0 Å². The maximum atomic E-state index is 11.7. The van der Waals surface area contributed by atoms with Crippen LogP contribution in [-0.4, -0.2) is 24.5 Å². The highest BCUT2D eigenvalue weighted by atomic mass is 16.2. The predicted octanol–water partition coefficient (Wildman–Crippen LogP) is 1.70. The van der Waals surface area contributed by atoms with E-state index < -0.39 is 0 Å². The summed E-state index contributed by atoms with van der Waals surface area (Å²) in [4.78, 5) is 23.0. The highest BCUT2D eigenvalue weighted by Gasteiger charge is 2.23. The molecule has 3 N–H and O–H groups in total. The fraction of sp³-hybridized carbons (Fsp3) is 0.429. The molecule has 0 aromatic heterocycles. The molecule has 1 aromatic rings. The lowest BCUT2D eigenvalue weighted by Crippen LogP contribution is -2.40. The predicted molar refractivity (Wildman–Crippen MR) is 74.1 cm³/mol. The van der Waals surface area contributed by atoms with Crippen molar-refractivity contribution < 1.29 is 9.59 Å². The lowest BCUT2D eigenvalue weighted by Gasteiger charge is -2.09. The van der Waals surface area contributed by atoms with Gasteiger partial charge in [0.15, 0.2) is 0 Å². The molecule has 1 saturated carbocycles. The molecule has 0 saturated heterocycles. The normalized spacial score (nSPS) is 13.8. The number of urea groups is 1. The van der Waals surface area contributed by atoms with E-state index in [-0.39, 0.29) is 18.5 Å². The average Bonchev–Trinajstić information content (AvgIpc) is 3.15. The number of rotatable bonds is 4. The number of carbonyl (C=O) groups excluding carboxylic acids is 2. The largest absolute Gasteiger partial charge is 0.335 e. The van der Waals surface area contributed by atoms with Crippen LogP contribution in [0, 0.1) is 13.8 Å². The van der Waals surface area contributed by atoms with E-state index in [1.165, 1.54) is 5.56 Å². The second-order valence-corrected chi connectivity index (χ2v) is 4.95. The van der Waals surface area contributed by atoms with Crippen molar-refractivity contribution in [3.8, 4) is 0 Å². The summed E-state index contributed by atoms with van der Waals surface area (Å²) >= 11 is 0. The lowest BCUT2D eigenvalue weighted by atomic mass is 10.1. The van der Waals surface area contributed by atoms with Crippen LogP contribution in [0.1, 0.15) is 24.0 Å². The molecule has 0 radical (unpaired) electrons. The minimum Gasteiger partial charge on any atom is -0.335 e. The van der Waals surface area contributed by atoms with Gasteiger partial charge in [-0.05, 0) is 49.9 Å². The van der Waals surface area contributed by atoms with Gasteiger partial charge in [-0.3, -0.25) is 4.79 Å². The maximum absolute atomic E-state index is 11.7. The molecular formula is C14H19N3O2. The summed E-state index contributed by atoms with van der Waals surface area (Å²) in [7, 11) is 0. The van der Waals surface area contributed by atoms with Crippen LogP contribution in [0.15, 0.2) is 18.2 Å². The van der Waals surface area contributed by atoms with E-state index in [4.69, 9.17) is 0 Å². The Morgan fingerprint density at radius 2 is 1.95 bits per heavy atom. The topological polar surface area (TPSA) is 70.2 Å². The molecule has 5 heteroatoms. The van der Waals surface area contributed by atoms with Crippen molar-refractivity contribution in [2.24, 2.45) is 0 Å². The van der Waals surface area contributed by atoms with Crippen LogP contribution in [0.2, 0.25) is 0 Å². The monoisotopic (exact) mass is 261 g/mol. The molecule has 0 spiro atoms. The first kappa shape index (κ1) is 13.4. The van der Waals surface area contributed by atoms with Gasteiger partial charge in [0.05, 0.1) is 6.54 Å². The number of aryl methyl sites for hydroxylation is 2. The highest BCUT2D eigenvalue weighted by Crippen LogP contribution is 2.18. The lowest BCUT2D eigenvalue weighted by molar-refractivity contribution is -0.115. The molecule has 1 aliphatic carbocycles. The summed E-state index contributed by atoms with van der Waals surface area (Å²) in [5, 5.41) is 8.05. The number of amides is 3. The van der Waals surface area contributed by atoms with Gasteiger partial charge in [0.25, 0.3) is 0 Å². The Kier molecular flexibility index (Phi) is 4.04. The maximum Gasteiger partial charge on any atom is 0.315 e. The van der Waals surface area contributed by atoms with Crippen LogP contribution < -0.4 is 16.0 Å². The second kappa shape index (κ2) is 5.73. The number of benzene rings is 1. The van der Waals surface area contributed by atoms with Crippen molar-refractivity contribution in [3.63, 3.8) is 0 Å². The Morgan fingerprint density at radius 1 is 1.21 bits per heavy atom. The smallest absolute Gasteiger partial charge is 0.315 e. The number of nitrogens with one attached hydrogen (secondary N) is 3. The second-order valence-electron chi connectivity index (χ2n) is 4.95. The fourth-order valence-corrected chi connectivity index (χ4v) is 1.65. The molecule has 0 atom stereocenters. The Bertz CT molecular complexity index is 495. The zero-order valence-electron chi connectivity index (χ0n) is 11.2. The molecule has 1 fully saturated rings. The Morgan fingerprint density at radius 3 is 2.58 bits per heavy atom. The Labute approximate surface area is 112 Å². The number of hydrogen-bond donors (Lipinski definition) is 3. The van der Waals surface area contributed by atoms with E-state index in [2.05, 4.69) is 16.0 Å². The molecule has 3 amide bonds. The van der Waals surface area contributed by atoms with Gasteiger partial charge in [0.1, 0.15) is 0 Å². The molecule has 0 unspecified atom stereocenters. The molecular weight excluding hydrogens is 242 g/mol. The summed E-state index contributed by atoms with van der Waals surface area (Å²) in [6.07, 6.45) is 2.06. The van der Waals surface area contributed by atoms with E-state index in [0.717, 1.165) is 24.1 Å². The van der Waals surface area contributed by atoms with Crippen LogP contribution >= 0.6 is 0 Å². The number of anilines is 1. The third kappa shape index (κ3) is 4.28. The van der Waals surface area contributed by atoms with Crippen molar-refractivity contribution in [2.45, 2.75) is 32.7 Å². The third-order valence-electron chi connectivity index (χ3n) is 3.11. The third-order valence-corrected chi connectivity index (χ3v) is 3.11. The molecule has 1 aromatic carbocycles. The zero-order valence-corrected chi connectivity index (χ0v) is 11.2. The van der Waals surface area contributed by atoms with Crippen molar-refractivity contribution in [2.75, 3.05) is 11.9 Å². The molecule has 0 heterocycles. The van der Waals surface area contributed by atoms with Gasteiger partial charge in [0, 0.05) is 11.7 Å². The van der Waals surface area contributed by atoms with Gasteiger partial charge >= 0.3 is 6.03 Å². The first-order chi connectivity index (χ1) is 9.04. The fourth-order valence-electron chi connectivity index (χ4n) is 1.65. The van der Waals surface area contributed by atoms with E-state index in [1.54, 1.807) is 0 Å². The van der Waals surface area contributed by atoms with Crippen LogP contribution in [0.4, 0.5) is 10.5 Å². The van der Waals surface area contributed by atoms with E-state index in [9.17, 15) is 9.59 Å². The summed E-state index contributed by atoms with van der Waals surface area (Å²) < 4.78 is 0. The Balaban J connectivity index is 1.76. The first-order valence-corrected chi connectivity index (χ1v) is 6.46.